The van der Waals surface area contributed by atoms with Crippen LogP contribution in [0.2, 0.25) is 0 Å². The summed E-state index contributed by atoms with van der Waals surface area (Å²) in [7, 11) is -1.89. The molecule has 3 aromatic rings. The molecule has 11 heteroatoms. The van der Waals surface area contributed by atoms with E-state index in [1.165, 1.54) is 24.5 Å². The van der Waals surface area contributed by atoms with E-state index in [0.29, 0.717) is 10.8 Å². The van der Waals surface area contributed by atoms with Crippen molar-refractivity contribution in [3.05, 3.63) is 60.2 Å². The van der Waals surface area contributed by atoms with Crippen molar-refractivity contribution in [1.82, 2.24) is 25.1 Å². The molecular formula is C18H21N7O2S2. The summed E-state index contributed by atoms with van der Waals surface area (Å²) in [6, 6.07) is 7.79. The molecule has 152 valence electrons. The molecule has 2 aromatic heterocycles. The minimum atomic E-state index is -3.78. The number of rotatable bonds is 6. The van der Waals surface area contributed by atoms with Gasteiger partial charge in [-0.15, -0.1) is 0 Å². The molecule has 0 saturated heterocycles. The van der Waals surface area contributed by atoms with Gasteiger partial charge in [0.1, 0.15) is 0 Å². The highest BCUT2D eigenvalue weighted by Gasteiger charge is 2.16. The fraction of sp³-hybridized carbons (Fsp3) is 0.222. The van der Waals surface area contributed by atoms with Crippen LogP contribution in [-0.4, -0.2) is 33.3 Å². The minimum absolute atomic E-state index is 0.0137. The summed E-state index contributed by atoms with van der Waals surface area (Å²) in [4.78, 5) is 7.81. The van der Waals surface area contributed by atoms with Crippen LogP contribution in [0.5, 0.6) is 0 Å². The standard InChI is InChI=1S/C18H21N7O2S2/c1-12(16-11-21-25(3)13(16)2)22-18(28)23-14-5-7-15(8-6-14)29(26,27)24-17-19-9-4-10-20-17/h4-12H,1-3H3,(H,19,20,24)(H2,22,23,28). The summed E-state index contributed by atoms with van der Waals surface area (Å²) < 4.78 is 29.0. The topological polar surface area (TPSA) is 114 Å². The SMILES string of the molecule is Cc1c(C(C)NC(=S)Nc2ccc(S(=O)(=O)Nc3ncccn3)cc2)cnn1C. The van der Waals surface area contributed by atoms with Crippen LogP contribution >= 0.6 is 12.2 Å². The van der Waals surface area contributed by atoms with Crippen LogP contribution in [0.25, 0.3) is 0 Å². The number of nitrogens with zero attached hydrogens (tertiary/aromatic N) is 4. The molecule has 0 radical (unpaired) electrons. The van der Waals surface area contributed by atoms with Crippen LogP contribution in [0, 0.1) is 6.92 Å². The highest BCUT2D eigenvalue weighted by Crippen LogP contribution is 2.18. The van der Waals surface area contributed by atoms with Gasteiger partial charge in [-0.05, 0) is 56.4 Å². The first-order valence-electron chi connectivity index (χ1n) is 8.72. The summed E-state index contributed by atoms with van der Waals surface area (Å²) in [6.45, 7) is 3.98. The highest BCUT2D eigenvalue weighted by molar-refractivity contribution is 7.92. The van der Waals surface area contributed by atoms with Crippen LogP contribution in [0.1, 0.15) is 24.2 Å². The van der Waals surface area contributed by atoms with Crippen LogP contribution in [-0.2, 0) is 17.1 Å². The summed E-state index contributed by atoms with van der Waals surface area (Å²) in [6.07, 6.45) is 4.72. The van der Waals surface area contributed by atoms with Gasteiger partial charge in [-0.25, -0.2) is 23.1 Å². The van der Waals surface area contributed by atoms with Gasteiger partial charge in [0.15, 0.2) is 5.11 Å². The molecule has 0 aliphatic heterocycles. The predicted molar refractivity (Wildman–Crippen MR) is 115 cm³/mol. The molecule has 0 bridgehead atoms. The van der Waals surface area contributed by atoms with E-state index in [4.69, 9.17) is 12.2 Å². The lowest BCUT2D eigenvalue weighted by atomic mass is 10.1. The quantitative estimate of drug-likeness (QED) is 0.510. The predicted octanol–water partition coefficient (Wildman–Crippen LogP) is 2.37. The molecule has 0 aliphatic carbocycles. The molecule has 9 nitrogen and oxygen atoms in total. The second-order valence-electron chi connectivity index (χ2n) is 6.33. The largest absolute Gasteiger partial charge is 0.356 e. The van der Waals surface area contributed by atoms with Crippen molar-refractivity contribution in [1.29, 1.82) is 0 Å². The first kappa shape index (κ1) is 20.7. The van der Waals surface area contributed by atoms with Crippen molar-refractivity contribution in [3.8, 4) is 0 Å². The first-order valence-corrected chi connectivity index (χ1v) is 10.6. The number of hydrogen-bond acceptors (Lipinski definition) is 6. The Morgan fingerprint density at radius 3 is 2.41 bits per heavy atom. The molecular weight excluding hydrogens is 410 g/mol. The maximum absolute atomic E-state index is 12.4. The van der Waals surface area contributed by atoms with E-state index < -0.39 is 10.0 Å². The van der Waals surface area contributed by atoms with E-state index in [1.807, 2.05) is 20.9 Å². The molecule has 0 fully saturated rings. The van der Waals surface area contributed by atoms with Crippen molar-refractivity contribution in [2.24, 2.45) is 7.05 Å². The van der Waals surface area contributed by atoms with E-state index in [1.54, 1.807) is 29.1 Å². The van der Waals surface area contributed by atoms with Crippen LogP contribution < -0.4 is 15.4 Å². The normalized spacial score (nSPS) is 12.2. The summed E-state index contributed by atoms with van der Waals surface area (Å²) in [5.74, 6) is 0.0137. The maximum Gasteiger partial charge on any atom is 0.264 e. The third-order valence-electron chi connectivity index (χ3n) is 4.30. The second kappa shape index (κ2) is 8.53. The van der Waals surface area contributed by atoms with Gasteiger partial charge >= 0.3 is 0 Å². The molecule has 0 amide bonds. The number of nitrogens with one attached hydrogen (secondary N) is 3. The molecule has 3 rings (SSSR count). The Labute approximate surface area is 174 Å². The average molecular weight is 432 g/mol. The van der Waals surface area contributed by atoms with Gasteiger partial charge in [0.25, 0.3) is 10.0 Å². The Morgan fingerprint density at radius 2 is 1.83 bits per heavy atom. The van der Waals surface area contributed by atoms with Crippen molar-refractivity contribution in [2.45, 2.75) is 24.8 Å². The van der Waals surface area contributed by atoms with Crippen LogP contribution in [0.4, 0.5) is 11.6 Å². The monoisotopic (exact) mass is 431 g/mol. The van der Waals surface area contributed by atoms with E-state index in [-0.39, 0.29) is 16.9 Å². The molecule has 0 spiro atoms. The molecule has 2 heterocycles. The lowest BCUT2D eigenvalue weighted by molar-refractivity contribution is 0.601. The molecule has 29 heavy (non-hydrogen) atoms. The smallest absolute Gasteiger partial charge is 0.264 e. The number of anilines is 2. The number of thiocarbonyl (C=S) groups is 1. The second-order valence-corrected chi connectivity index (χ2v) is 8.42. The van der Waals surface area contributed by atoms with Gasteiger partial charge in [0.2, 0.25) is 5.95 Å². The fourth-order valence-electron chi connectivity index (χ4n) is 2.63. The Bertz CT molecular complexity index is 1100. The van der Waals surface area contributed by atoms with Crippen LogP contribution in [0.15, 0.2) is 53.8 Å². The number of aromatic nitrogens is 4. The lowest BCUT2D eigenvalue weighted by Gasteiger charge is -2.17. The molecule has 0 saturated carbocycles. The van der Waals surface area contributed by atoms with E-state index in [9.17, 15) is 8.42 Å². The van der Waals surface area contributed by atoms with E-state index in [0.717, 1.165) is 11.3 Å². The summed E-state index contributed by atoms with van der Waals surface area (Å²) >= 11 is 5.36. The Kier molecular flexibility index (Phi) is 6.09. The Balaban J connectivity index is 1.62. The van der Waals surface area contributed by atoms with Gasteiger partial charge in [0, 0.05) is 36.4 Å². The first-order chi connectivity index (χ1) is 13.8. The van der Waals surface area contributed by atoms with E-state index in [2.05, 4.69) is 30.4 Å². The third kappa shape index (κ3) is 5.06. The average Bonchev–Trinajstić information content (AvgIpc) is 3.01. The highest BCUT2D eigenvalue weighted by atomic mass is 32.2. The van der Waals surface area contributed by atoms with E-state index >= 15 is 0 Å². The van der Waals surface area contributed by atoms with Gasteiger partial charge < -0.3 is 10.6 Å². The molecule has 3 N–H and O–H groups in total. The van der Waals surface area contributed by atoms with Gasteiger partial charge in [0.05, 0.1) is 17.1 Å². The zero-order valence-corrected chi connectivity index (χ0v) is 17.8. The summed E-state index contributed by atoms with van der Waals surface area (Å²) in [5, 5.41) is 10.9. The van der Waals surface area contributed by atoms with Crippen LogP contribution in [0.3, 0.4) is 0 Å². The number of benzene rings is 1. The minimum Gasteiger partial charge on any atom is -0.356 e. The van der Waals surface area contributed by atoms with Crippen molar-refractivity contribution in [2.75, 3.05) is 10.0 Å². The van der Waals surface area contributed by atoms with Gasteiger partial charge in [-0.1, -0.05) is 0 Å². The zero-order chi connectivity index (χ0) is 21.0. The number of hydrogen-bond donors (Lipinski definition) is 3. The van der Waals surface area contributed by atoms with Gasteiger partial charge in [-0.2, -0.15) is 5.10 Å². The Hall–Kier alpha value is -3.05. The van der Waals surface area contributed by atoms with Crippen molar-refractivity contribution < 1.29 is 8.42 Å². The lowest BCUT2D eigenvalue weighted by Crippen LogP contribution is -2.31. The zero-order valence-electron chi connectivity index (χ0n) is 16.1. The Morgan fingerprint density at radius 1 is 1.17 bits per heavy atom. The molecule has 0 aliphatic rings. The van der Waals surface area contributed by atoms with Gasteiger partial charge in [-0.3, -0.25) is 4.68 Å². The molecule has 1 unspecified atom stereocenters. The summed E-state index contributed by atoms with van der Waals surface area (Å²) in [5.41, 5.74) is 2.76. The molecule has 1 aromatic carbocycles. The maximum atomic E-state index is 12.4. The third-order valence-corrected chi connectivity index (χ3v) is 5.87. The fourth-order valence-corrected chi connectivity index (χ4v) is 3.88. The van der Waals surface area contributed by atoms with Crippen molar-refractivity contribution >= 4 is 39.0 Å². The number of sulfonamides is 1. The van der Waals surface area contributed by atoms with Crippen molar-refractivity contribution in [3.63, 3.8) is 0 Å². The molecule has 1 atom stereocenters. The number of aryl methyl sites for hydroxylation is 1.